The molecule has 1 N–H and O–H groups in total. The number of rotatable bonds is 5. The van der Waals surface area contributed by atoms with Crippen molar-refractivity contribution in [1.29, 1.82) is 0 Å². The SMILES string of the molecule is CCc1nn(C)c(CC(O)CC2CCCO2)c1Cl. The van der Waals surface area contributed by atoms with Crippen molar-refractivity contribution in [3.63, 3.8) is 0 Å². The third-order valence-corrected chi connectivity index (χ3v) is 3.93. The van der Waals surface area contributed by atoms with E-state index in [0.29, 0.717) is 17.9 Å². The van der Waals surface area contributed by atoms with Crippen LogP contribution in [0, 0.1) is 0 Å². The van der Waals surface area contributed by atoms with Gasteiger partial charge in [-0.3, -0.25) is 4.68 Å². The van der Waals surface area contributed by atoms with Gasteiger partial charge in [-0.25, -0.2) is 0 Å². The minimum Gasteiger partial charge on any atom is -0.393 e. The number of aliphatic hydroxyl groups is 1. The molecular weight excluding hydrogens is 252 g/mol. The fourth-order valence-electron chi connectivity index (χ4n) is 2.48. The van der Waals surface area contributed by atoms with Gasteiger partial charge in [0.1, 0.15) is 0 Å². The van der Waals surface area contributed by atoms with E-state index in [1.54, 1.807) is 4.68 Å². The highest BCUT2D eigenvalue weighted by molar-refractivity contribution is 6.31. The lowest BCUT2D eigenvalue weighted by Crippen LogP contribution is -2.20. The van der Waals surface area contributed by atoms with Gasteiger partial charge >= 0.3 is 0 Å². The molecule has 0 saturated carbocycles. The lowest BCUT2D eigenvalue weighted by atomic mass is 10.0. The summed E-state index contributed by atoms with van der Waals surface area (Å²) in [5, 5.41) is 15.2. The first-order valence-corrected chi connectivity index (χ1v) is 6.99. The zero-order chi connectivity index (χ0) is 13.1. The summed E-state index contributed by atoms with van der Waals surface area (Å²) in [6, 6.07) is 0. The highest BCUT2D eigenvalue weighted by atomic mass is 35.5. The average molecular weight is 273 g/mol. The van der Waals surface area contributed by atoms with Gasteiger partial charge < -0.3 is 9.84 Å². The molecule has 0 spiro atoms. The van der Waals surface area contributed by atoms with E-state index in [9.17, 15) is 5.11 Å². The Morgan fingerprint density at radius 2 is 2.39 bits per heavy atom. The monoisotopic (exact) mass is 272 g/mol. The normalized spacial score (nSPS) is 21.4. The molecule has 18 heavy (non-hydrogen) atoms. The van der Waals surface area contributed by atoms with Crippen LogP contribution >= 0.6 is 11.6 Å². The number of aromatic nitrogens is 2. The van der Waals surface area contributed by atoms with Crippen molar-refractivity contribution >= 4 is 11.6 Å². The van der Waals surface area contributed by atoms with E-state index in [-0.39, 0.29) is 6.10 Å². The van der Waals surface area contributed by atoms with Crippen LogP contribution in [0.25, 0.3) is 0 Å². The summed E-state index contributed by atoms with van der Waals surface area (Å²) in [6.07, 6.45) is 3.99. The van der Waals surface area contributed by atoms with Gasteiger partial charge in [0.15, 0.2) is 0 Å². The molecule has 2 rings (SSSR count). The quantitative estimate of drug-likeness (QED) is 0.893. The van der Waals surface area contributed by atoms with Gasteiger partial charge in [-0.05, 0) is 25.7 Å². The second kappa shape index (κ2) is 6.04. The molecule has 0 aromatic carbocycles. The lowest BCUT2D eigenvalue weighted by molar-refractivity contribution is 0.0534. The molecule has 2 atom stereocenters. The molecular formula is C13H21ClN2O2. The van der Waals surface area contributed by atoms with Gasteiger partial charge in [0, 0.05) is 20.1 Å². The largest absolute Gasteiger partial charge is 0.393 e. The Balaban J connectivity index is 1.97. The Labute approximate surface area is 113 Å². The molecule has 1 aliphatic heterocycles. The second-order valence-electron chi connectivity index (χ2n) is 4.91. The Morgan fingerprint density at radius 3 is 2.94 bits per heavy atom. The Bertz CT molecular complexity index is 400. The van der Waals surface area contributed by atoms with Crippen LogP contribution < -0.4 is 0 Å². The number of halogens is 1. The van der Waals surface area contributed by atoms with Crippen LogP contribution in [0.2, 0.25) is 5.02 Å². The third kappa shape index (κ3) is 3.05. The van der Waals surface area contributed by atoms with Crippen molar-refractivity contribution in [3.8, 4) is 0 Å². The molecule has 1 saturated heterocycles. The predicted molar refractivity (Wildman–Crippen MR) is 70.9 cm³/mol. The van der Waals surface area contributed by atoms with Gasteiger partial charge in [0.05, 0.1) is 28.6 Å². The van der Waals surface area contributed by atoms with Gasteiger partial charge in [-0.2, -0.15) is 5.10 Å². The molecule has 0 aliphatic carbocycles. The maximum atomic E-state index is 10.1. The van der Waals surface area contributed by atoms with Crippen molar-refractivity contribution in [3.05, 3.63) is 16.4 Å². The van der Waals surface area contributed by atoms with Crippen LogP contribution in [0.15, 0.2) is 0 Å². The van der Waals surface area contributed by atoms with Crippen molar-refractivity contribution < 1.29 is 9.84 Å². The Hall–Kier alpha value is -0.580. The summed E-state index contributed by atoms with van der Waals surface area (Å²) >= 11 is 6.26. The van der Waals surface area contributed by atoms with Gasteiger partial charge in [0.25, 0.3) is 0 Å². The minimum atomic E-state index is -0.411. The Morgan fingerprint density at radius 1 is 1.61 bits per heavy atom. The molecule has 1 aliphatic rings. The van der Waals surface area contributed by atoms with Crippen LogP contribution in [-0.4, -0.2) is 33.7 Å². The van der Waals surface area contributed by atoms with Crippen molar-refractivity contribution in [1.82, 2.24) is 9.78 Å². The van der Waals surface area contributed by atoms with Gasteiger partial charge in [-0.1, -0.05) is 18.5 Å². The number of hydrogen-bond donors (Lipinski definition) is 1. The molecule has 2 heterocycles. The van der Waals surface area contributed by atoms with E-state index >= 15 is 0 Å². The van der Waals surface area contributed by atoms with Crippen LogP contribution in [0.3, 0.4) is 0 Å². The molecule has 102 valence electrons. The zero-order valence-corrected chi connectivity index (χ0v) is 11.8. The maximum Gasteiger partial charge on any atom is 0.0850 e. The predicted octanol–water partition coefficient (Wildman–Crippen LogP) is 2.11. The molecule has 4 nitrogen and oxygen atoms in total. The highest BCUT2D eigenvalue weighted by Crippen LogP contribution is 2.24. The fourth-order valence-corrected chi connectivity index (χ4v) is 2.85. The van der Waals surface area contributed by atoms with Crippen molar-refractivity contribution in [2.45, 2.75) is 51.2 Å². The minimum absolute atomic E-state index is 0.206. The molecule has 5 heteroatoms. The van der Waals surface area contributed by atoms with Crippen LogP contribution in [0.5, 0.6) is 0 Å². The molecule has 1 aromatic heterocycles. The first-order valence-electron chi connectivity index (χ1n) is 6.61. The van der Waals surface area contributed by atoms with Gasteiger partial charge in [-0.15, -0.1) is 0 Å². The van der Waals surface area contributed by atoms with Gasteiger partial charge in [0.2, 0.25) is 0 Å². The van der Waals surface area contributed by atoms with Crippen molar-refractivity contribution in [2.75, 3.05) is 6.61 Å². The smallest absolute Gasteiger partial charge is 0.0850 e. The van der Waals surface area contributed by atoms with E-state index < -0.39 is 6.10 Å². The third-order valence-electron chi connectivity index (χ3n) is 3.49. The summed E-state index contributed by atoms with van der Waals surface area (Å²) in [5.74, 6) is 0. The number of aliphatic hydroxyl groups excluding tert-OH is 1. The summed E-state index contributed by atoms with van der Waals surface area (Å²) < 4.78 is 7.31. The van der Waals surface area contributed by atoms with Crippen molar-refractivity contribution in [2.24, 2.45) is 7.05 Å². The lowest BCUT2D eigenvalue weighted by Gasteiger charge is -2.15. The number of aryl methyl sites for hydroxylation is 2. The van der Waals surface area contributed by atoms with E-state index in [1.807, 2.05) is 14.0 Å². The molecule has 0 amide bonds. The summed E-state index contributed by atoms with van der Waals surface area (Å²) in [7, 11) is 1.87. The molecule has 0 radical (unpaired) electrons. The first-order chi connectivity index (χ1) is 8.61. The summed E-state index contributed by atoms with van der Waals surface area (Å²) in [6.45, 7) is 2.85. The number of hydrogen-bond acceptors (Lipinski definition) is 3. The summed E-state index contributed by atoms with van der Waals surface area (Å²) in [5.41, 5.74) is 1.82. The van der Waals surface area contributed by atoms with Crippen LogP contribution in [-0.2, 0) is 24.6 Å². The first kappa shape index (κ1) is 13.8. The average Bonchev–Trinajstić information content (AvgIpc) is 2.92. The topological polar surface area (TPSA) is 47.3 Å². The molecule has 2 unspecified atom stereocenters. The fraction of sp³-hybridized carbons (Fsp3) is 0.769. The highest BCUT2D eigenvalue weighted by Gasteiger charge is 2.22. The summed E-state index contributed by atoms with van der Waals surface area (Å²) in [4.78, 5) is 0. The molecule has 1 aromatic rings. The second-order valence-corrected chi connectivity index (χ2v) is 5.29. The van der Waals surface area contributed by atoms with E-state index in [2.05, 4.69) is 5.10 Å². The molecule has 0 bridgehead atoms. The zero-order valence-electron chi connectivity index (χ0n) is 11.0. The van der Waals surface area contributed by atoms with Crippen LogP contribution in [0.1, 0.15) is 37.6 Å². The maximum absolute atomic E-state index is 10.1. The van der Waals surface area contributed by atoms with E-state index in [1.165, 1.54) is 0 Å². The Kier molecular flexibility index (Phi) is 4.65. The van der Waals surface area contributed by atoms with E-state index in [0.717, 1.165) is 37.3 Å². The number of nitrogens with zero attached hydrogens (tertiary/aromatic N) is 2. The van der Waals surface area contributed by atoms with Crippen LogP contribution in [0.4, 0.5) is 0 Å². The van der Waals surface area contributed by atoms with E-state index in [4.69, 9.17) is 16.3 Å². The standard InChI is InChI=1S/C13H21ClN2O2/c1-3-11-13(14)12(16(2)15-11)8-9(17)7-10-5-4-6-18-10/h9-10,17H,3-8H2,1-2H3. The number of ether oxygens (including phenoxy) is 1. The molecule has 1 fully saturated rings.